The van der Waals surface area contributed by atoms with Crippen molar-refractivity contribution < 1.29 is 4.52 Å². The largest absolute Gasteiger partial charge is 0.360 e. The van der Waals surface area contributed by atoms with Crippen LogP contribution in [0.25, 0.3) is 0 Å². The van der Waals surface area contributed by atoms with Gasteiger partial charge in [-0.05, 0) is 26.3 Å². The van der Waals surface area contributed by atoms with E-state index in [1.807, 2.05) is 13.0 Å². The summed E-state index contributed by atoms with van der Waals surface area (Å²) in [7, 11) is 0. The summed E-state index contributed by atoms with van der Waals surface area (Å²) in [6, 6.07) is 2.31. The highest BCUT2D eigenvalue weighted by atomic mass is 16.5. The van der Waals surface area contributed by atoms with Crippen LogP contribution in [0.15, 0.2) is 10.6 Å². The molecule has 1 saturated heterocycles. The summed E-state index contributed by atoms with van der Waals surface area (Å²) < 4.78 is 5.17. The van der Waals surface area contributed by atoms with Gasteiger partial charge in [0, 0.05) is 18.7 Å². The van der Waals surface area contributed by atoms with Crippen molar-refractivity contribution in [2.75, 3.05) is 13.1 Å². The fraction of sp³-hybridized carbons (Fsp3) is 0.700. The quantitative estimate of drug-likeness (QED) is 0.762. The number of aryl methyl sites for hydroxylation is 1. The van der Waals surface area contributed by atoms with E-state index < -0.39 is 0 Å². The van der Waals surface area contributed by atoms with Crippen molar-refractivity contribution in [1.82, 2.24) is 10.1 Å². The van der Waals surface area contributed by atoms with Gasteiger partial charge in [0.15, 0.2) is 5.76 Å². The molecule has 0 spiro atoms. The fourth-order valence-electron chi connectivity index (χ4n) is 1.95. The van der Waals surface area contributed by atoms with Gasteiger partial charge in [-0.1, -0.05) is 5.16 Å². The number of likely N-dealkylation sites (tertiary alicyclic amines) is 1. The molecule has 0 aliphatic carbocycles. The van der Waals surface area contributed by atoms with E-state index in [9.17, 15) is 0 Å². The maximum atomic E-state index is 5.90. The lowest BCUT2D eigenvalue weighted by Gasteiger charge is -2.29. The first-order chi connectivity index (χ1) is 6.74. The second-order valence-electron chi connectivity index (χ2n) is 4.07. The van der Waals surface area contributed by atoms with Crippen LogP contribution in [0.1, 0.15) is 24.3 Å². The van der Waals surface area contributed by atoms with Gasteiger partial charge in [0.05, 0.1) is 12.2 Å². The van der Waals surface area contributed by atoms with Crippen LogP contribution < -0.4 is 5.73 Å². The summed E-state index contributed by atoms with van der Waals surface area (Å²) in [5.74, 6) is 0.941. The van der Waals surface area contributed by atoms with Gasteiger partial charge in [-0.2, -0.15) is 0 Å². The average molecular weight is 195 g/mol. The highest BCUT2D eigenvalue weighted by molar-refractivity contribution is 5.03. The van der Waals surface area contributed by atoms with E-state index in [0.717, 1.165) is 37.5 Å². The zero-order valence-electron chi connectivity index (χ0n) is 8.57. The second-order valence-corrected chi connectivity index (χ2v) is 4.07. The van der Waals surface area contributed by atoms with Crippen LogP contribution in [0.2, 0.25) is 0 Å². The number of hydrogen-bond donors (Lipinski definition) is 1. The van der Waals surface area contributed by atoms with Crippen LogP contribution in [0.3, 0.4) is 0 Å². The standard InChI is InChI=1S/C10H17N3O/c1-8-5-10(14-12-8)7-13-4-2-3-9(11)6-13/h5,9H,2-4,6-7,11H2,1H3/t9-/m1/s1. The first-order valence-corrected chi connectivity index (χ1v) is 5.14. The van der Waals surface area contributed by atoms with Gasteiger partial charge >= 0.3 is 0 Å². The Balaban J connectivity index is 1.90. The third-order valence-corrected chi connectivity index (χ3v) is 2.60. The van der Waals surface area contributed by atoms with Crippen molar-refractivity contribution in [1.29, 1.82) is 0 Å². The molecule has 0 bridgehead atoms. The van der Waals surface area contributed by atoms with Crippen LogP contribution in [0, 0.1) is 6.92 Å². The lowest BCUT2D eigenvalue weighted by atomic mass is 10.1. The highest BCUT2D eigenvalue weighted by Crippen LogP contribution is 2.12. The first-order valence-electron chi connectivity index (χ1n) is 5.14. The van der Waals surface area contributed by atoms with E-state index in [2.05, 4.69) is 10.1 Å². The molecule has 0 amide bonds. The molecule has 1 fully saturated rings. The van der Waals surface area contributed by atoms with Gasteiger partial charge in [0.25, 0.3) is 0 Å². The number of hydrogen-bond acceptors (Lipinski definition) is 4. The smallest absolute Gasteiger partial charge is 0.150 e. The predicted octanol–water partition coefficient (Wildman–Crippen LogP) is 0.906. The Kier molecular flexibility index (Phi) is 2.84. The van der Waals surface area contributed by atoms with Gasteiger partial charge in [0.2, 0.25) is 0 Å². The molecular weight excluding hydrogens is 178 g/mol. The molecule has 78 valence electrons. The summed E-state index contributed by atoms with van der Waals surface area (Å²) in [5.41, 5.74) is 6.84. The second kappa shape index (κ2) is 4.11. The molecule has 1 aromatic heterocycles. The fourth-order valence-corrected chi connectivity index (χ4v) is 1.95. The summed E-state index contributed by atoms with van der Waals surface area (Å²) in [6.07, 6.45) is 2.33. The number of rotatable bonds is 2. The molecular formula is C10H17N3O. The minimum absolute atomic E-state index is 0.327. The Hall–Kier alpha value is -0.870. The molecule has 4 heteroatoms. The lowest BCUT2D eigenvalue weighted by molar-refractivity contribution is 0.181. The number of aromatic nitrogens is 1. The van der Waals surface area contributed by atoms with Crippen molar-refractivity contribution in [2.45, 2.75) is 32.4 Å². The van der Waals surface area contributed by atoms with Crippen molar-refractivity contribution >= 4 is 0 Å². The van der Waals surface area contributed by atoms with Crippen LogP contribution >= 0.6 is 0 Å². The van der Waals surface area contributed by atoms with Crippen LogP contribution in [0.5, 0.6) is 0 Å². The van der Waals surface area contributed by atoms with Crippen LogP contribution in [0.4, 0.5) is 0 Å². The van der Waals surface area contributed by atoms with E-state index in [4.69, 9.17) is 10.3 Å². The molecule has 2 heterocycles. The molecule has 1 aliphatic heterocycles. The monoisotopic (exact) mass is 195 g/mol. The van der Waals surface area contributed by atoms with Crippen molar-refractivity contribution in [2.24, 2.45) is 5.73 Å². The van der Waals surface area contributed by atoms with Gasteiger partial charge in [0.1, 0.15) is 0 Å². The minimum atomic E-state index is 0.327. The summed E-state index contributed by atoms with van der Waals surface area (Å²) in [5, 5.41) is 3.87. The molecule has 4 nitrogen and oxygen atoms in total. The van der Waals surface area contributed by atoms with E-state index in [0.29, 0.717) is 6.04 Å². The molecule has 0 aromatic carbocycles. The zero-order chi connectivity index (χ0) is 9.97. The van der Waals surface area contributed by atoms with E-state index >= 15 is 0 Å². The Morgan fingerprint density at radius 3 is 3.21 bits per heavy atom. The molecule has 1 atom stereocenters. The first kappa shape index (κ1) is 9.68. The maximum Gasteiger partial charge on any atom is 0.150 e. The van der Waals surface area contributed by atoms with E-state index in [-0.39, 0.29) is 0 Å². The van der Waals surface area contributed by atoms with Crippen molar-refractivity contribution in [3.63, 3.8) is 0 Å². The zero-order valence-corrected chi connectivity index (χ0v) is 8.57. The van der Waals surface area contributed by atoms with Gasteiger partial charge in [-0.3, -0.25) is 4.90 Å². The van der Waals surface area contributed by atoms with Crippen molar-refractivity contribution in [3.8, 4) is 0 Å². The molecule has 2 N–H and O–H groups in total. The maximum absolute atomic E-state index is 5.90. The number of nitrogens with two attached hydrogens (primary N) is 1. The Labute approximate surface area is 84.0 Å². The Morgan fingerprint density at radius 2 is 2.57 bits per heavy atom. The molecule has 1 aromatic rings. The summed E-state index contributed by atoms with van der Waals surface area (Å²) in [4.78, 5) is 2.33. The molecule has 1 aliphatic rings. The Morgan fingerprint density at radius 1 is 1.71 bits per heavy atom. The summed E-state index contributed by atoms with van der Waals surface area (Å²) >= 11 is 0. The topological polar surface area (TPSA) is 55.3 Å². The lowest BCUT2D eigenvalue weighted by Crippen LogP contribution is -2.42. The molecule has 0 radical (unpaired) electrons. The number of nitrogens with zero attached hydrogens (tertiary/aromatic N) is 2. The normalized spacial score (nSPS) is 24.0. The Bertz CT molecular complexity index is 297. The van der Waals surface area contributed by atoms with E-state index in [1.54, 1.807) is 0 Å². The molecule has 0 unspecified atom stereocenters. The van der Waals surface area contributed by atoms with Crippen LogP contribution in [-0.2, 0) is 6.54 Å². The minimum Gasteiger partial charge on any atom is -0.360 e. The van der Waals surface area contributed by atoms with Crippen molar-refractivity contribution in [3.05, 3.63) is 17.5 Å². The van der Waals surface area contributed by atoms with E-state index in [1.165, 1.54) is 6.42 Å². The highest BCUT2D eigenvalue weighted by Gasteiger charge is 2.17. The van der Waals surface area contributed by atoms with Gasteiger partial charge in [-0.25, -0.2) is 0 Å². The van der Waals surface area contributed by atoms with Gasteiger partial charge < -0.3 is 10.3 Å². The molecule has 14 heavy (non-hydrogen) atoms. The van der Waals surface area contributed by atoms with Crippen LogP contribution in [-0.4, -0.2) is 29.2 Å². The third kappa shape index (κ3) is 2.33. The molecule has 2 rings (SSSR count). The van der Waals surface area contributed by atoms with Gasteiger partial charge in [-0.15, -0.1) is 0 Å². The molecule has 0 saturated carbocycles. The SMILES string of the molecule is Cc1cc(CN2CCC[C@@H](N)C2)on1. The summed E-state index contributed by atoms with van der Waals surface area (Å²) in [6.45, 7) is 4.87. The number of piperidine rings is 1. The average Bonchev–Trinajstić information content (AvgIpc) is 2.51. The predicted molar refractivity (Wildman–Crippen MR) is 53.7 cm³/mol. The third-order valence-electron chi connectivity index (χ3n) is 2.60.